The first-order valence-electron chi connectivity index (χ1n) is 5.60. The van der Waals surface area contributed by atoms with Gasteiger partial charge in [-0.1, -0.05) is 0 Å². The van der Waals surface area contributed by atoms with Gasteiger partial charge in [-0.15, -0.1) is 0 Å². The van der Waals surface area contributed by atoms with Crippen LogP contribution in [-0.4, -0.2) is 44.4 Å². The maximum atomic E-state index is 12.1. The second-order valence-corrected chi connectivity index (χ2v) is 6.33. The maximum absolute atomic E-state index is 12.1. The van der Waals surface area contributed by atoms with E-state index in [4.69, 9.17) is 0 Å². The first-order valence-corrected chi connectivity index (χ1v) is 7.04. The average molecular weight is 248 g/mol. The number of carboxylic acids is 1. The second-order valence-electron chi connectivity index (χ2n) is 4.34. The first-order chi connectivity index (χ1) is 7.53. The third kappa shape index (κ3) is 1.94. The number of quaternary nitrogens is 1. The minimum atomic E-state index is -3.50. The fourth-order valence-corrected chi connectivity index (χ4v) is 4.51. The van der Waals surface area contributed by atoms with Crippen molar-refractivity contribution in [1.29, 1.82) is 0 Å². The van der Waals surface area contributed by atoms with Gasteiger partial charge in [-0.3, -0.25) is 0 Å². The molecular formula is C9H16N2O4S. The number of carbonyl (C=O) groups excluding carboxylic acids is 1. The molecule has 7 heteroatoms. The summed E-state index contributed by atoms with van der Waals surface area (Å²) in [5.41, 5.74) is 0. The molecule has 0 spiro atoms. The summed E-state index contributed by atoms with van der Waals surface area (Å²) in [5.74, 6) is -1.25. The molecule has 2 aliphatic rings. The second kappa shape index (κ2) is 4.31. The smallest absolute Gasteiger partial charge is 0.371 e. The lowest BCUT2D eigenvalue weighted by Gasteiger charge is -2.25. The molecule has 1 N–H and O–H groups in total. The predicted molar refractivity (Wildman–Crippen MR) is 53.6 cm³/mol. The number of carboxylic acid groups (broad SMARTS) is 1. The van der Waals surface area contributed by atoms with Gasteiger partial charge in [0.25, 0.3) is 0 Å². The highest BCUT2D eigenvalue weighted by molar-refractivity contribution is 7.82. The Morgan fingerprint density at radius 1 is 1.25 bits per heavy atom. The largest absolute Gasteiger partial charge is 0.544 e. The Hall–Kier alpha value is -0.660. The van der Waals surface area contributed by atoms with Gasteiger partial charge in [0.1, 0.15) is 12.0 Å². The number of nitrogens with zero attached hydrogens (tertiary/aromatic N) is 1. The molecule has 1 unspecified atom stereocenters. The van der Waals surface area contributed by atoms with Crippen molar-refractivity contribution < 1.29 is 22.6 Å². The van der Waals surface area contributed by atoms with E-state index >= 15 is 0 Å². The van der Waals surface area contributed by atoms with Crippen molar-refractivity contribution >= 4 is 16.2 Å². The Labute approximate surface area is 95.0 Å². The van der Waals surface area contributed by atoms with Gasteiger partial charge in [0.15, 0.2) is 0 Å². The van der Waals surface area contributed by atoms with Gasteiger partial charge >= 0.3 is 10.2 Å². The third-order valence-corrected chi connectivity index (χ3v) is 5.52. The molecule has 0 aromatic heterocycles. The topological polar surface area (TPSA) is 81.9 Å². The predicted octanol–water partition coefficient (Wildman–Crippen LogP) is -2.88. The SMILES string of the molecule is O=C([O-])[C@H]1CCC[NH+]1S(=O)(=O)N1CCCC1. The summed E-state index contributed by atoms with van der Waals surface area (Å²) >= 11 is 0. The first kappa shape index (κ1) is 11.8. The van der Waals surface area contributed by atoms with E-state index in [1.807, 2.05) is 0 Å². The molecule has 2 fully saturated rings. The lowest BCUT2D eigenvalue weighted by atomic mass is 10.2. The molecule has 92 valence electrons. The fraction of sp³-hybridized carbons (Fsp3) is 0.889. The highest BCUT2D eigenvalue weighted by Crippen LogP contribution is 2.11. The Morgan fingerprint density at radius 2 is 1.88 bits per heavy atom. The lowest BCUT2D eigenvalue weighted by Crippen LogP contribution is -3.18. The van der Waals surface area contributed by atoms with E-state index in [-0.39, 0.29) is 4.31 Å². The van der Waals surface area contributed by atoms with Crippen LogP contribution in [0.25, 0.3) is 0 Å². The van der Waals surface area contributed by atoms with Gasteiger partial charge < -0.3 is 9.90 Å². The molecule has 2 heterocycles. The lowest BCUT2D eigenvalue weighted by molar-refractivity contribution is -0.777. The van der Waals surface area contributed by atoms with E-state index in [1.54, 1.807) is 0 Å². The molecule has 2 rings (SSSR count). The van der Waals surface area contributed by atoms with Crippen LogP contribution in [0.1, 0.15) is 25.7 Å². The molecule has 0 bridgehead atoms. The molecule has 16 heavy (non-hydrogen) atoms. The van der Waals surface area contributed by atoms with E-state index < -0.39 is 22.2 Å². The highest BCUT2D eigenvalue weighted by Gasteiger charge is 2.43. The van der Waals surface area contributed by atoms with Gasteiger partial charge in [0.05, 0.1) is 6.54 Å². The van der Waals surface area contributed by atoms with Crippen LogP contribution in [0.5, 0.6) is 0 Å². The maximum Gasteiger partial charge on any atom is 0.371 e. The number of rotatable bonds is 3. The van der Waals surface area contributed by atoms with Gasteiger partial charge in [-0.25, -0.2) is 4.31 Å². The molecule has 6 nitrogen and oxygen atoms in total. The quantitative estimate of drug-likeness (QED) is 0.582. The standard InChI is InChI=1S/C9H16N2O4S/c12-9(13)8-4-3-7-11(8)16(14,15)10-5-1-2-6-10/h8H,1-7H2,(H,12,13)/t8-/m1/s1. The zero-order valence-corrected chi connectivity index (χ0v) is 9.83. The van der Waals surface area contributed by atoms with E-state index in [9.17, 15) is 18.3 Å². The van der Waals surface area contributed by atoms with Crippen LogP contribution in [0, 0.1) is 0 Å². The van der Waals surface area contributed by atoms with Crippen LogP contribution in [0.15, 0.2) is 0 Å². The molecule has 0 radical (unpaired) electrons. The molecule has 0 aromatic rings. The van der Waals surface area contributed by atoms with Crippen LogP contribution in [0.4, 0.5) is 0 Å². The summed E-state index contributed by atoms with van der Waals surface area (Å²) in [5, 5.41) is 10.9. The minimum Gasteiger partial charge on any atom is -0.544 e. The fourth-order valence-electron chi connectivity index (χ4n) is 2.47. The summed E-state index contributed by atoms with van der Waals surface area (Å²) in [4.78, 5) is 10.9. The summed E-state index contributed by atoms with van der Waals surface area (Å²) in [7, 11) is -3.50. The van der Waals surface area contributed by atoms with E-state index in [1.165, 1.54) is 4.31 Å². The highest BCUT2D eigenvalue weighted by atomic mass is 32.2. The van der Waals surface area contributed by atoms with Crippen molar-refractivity contribution in [2.24, 2.45) is 0 Å². The van der Waals surface area contributed by atoms with Crippen molar-refractivity contribution in [1.82, 2.24) is 4.31 Å². The molecule has 2 saturated heterocycles. The normalized spacial score (nSPS) is 32.0. The van der Waals surface area contributed by atoms with Crippen LogP contribution in [0.2, 0.25) is 0 Å². The molecule has 2 atom stereocenters. The molecule has 0 aromatic carbocycles. The zero-order valence-electron chi connectivity index (χ0n) is 9.02. The number of hydrogen-bond donors (Lipinski definition) is 1. The van der Waals surface area contributed by atoms with Crippen LogP contribution in [-0.2, 0) is 15.0 Å². The Bertz CT molecular complexity index is 375. The Balaban J connectivity index is 2.19. The molecule has 0 amide bonds. The summed E-state index contributed by atoms with van der Waals surface area (Å²) < 4.78 is 25.9. The molecular weight excluding hydrogens is 232 g/mol. The zero-order chi connectivity index (χ0) is 11.8. The minimum absolute atomic E-state index is 0.161. The van der Waals surface area contributed by atoms with Crippen molar-refractivity contribution in [3.63, 3.8) is 0 Å². The summed E-state index contributed by atoms with van der Waals surface area (Å²) in [6.07, 6.45) is 2.75. The van der Waals surface area contributed by atoms with Crippen molar-refractivity contribution in [3.05, 3.63) is 0 Å². The number of nitrogens with one attached hydrogen (secondary N) is 1. The average Bonchev–Trinajstić information content (AvgIpc) is 2.89. The van der Waals surface area contributed by atoms with Gasteiger partial charge in [-0.05, 0) is 12.8 Å². The monoisotopic (exact) mass is 248 g/mol. The van der Waals surface area contributed by atoms with E-state index in [2.05, 4.69) is 0 Å². The van der Waals surface area contributed by atoms with Crippen LogP contribution < -0.4 is 9.41 Å². The number of hydrogen-bond acceptors (Lipinski definition) is 4. The summed E-state index contributed by atoms with van der Waals surface area (Å²) in [6, 6.07) is -0.898. The van der Waals surface area contributed by atoms with Crippen molar-refractivity contribution in [2.45, 2.75) is 31.7 Å². The molecule has 0 aliphatic carbocycles. The molecule has 2 aliphatic heterocycles. The van der Waals surface area contributed by atoms with Crippen LogP contribution in [0.3, 0.4) is 0 Å². The third-order valence-electron chi connectivity index (χ3n) is 3.33. The Morgan fingerprint density at radius 3 is 2.44 bits per heavy atom. The van der Waals surface area contributed by atoms with Crippen molar-refractivity contribution in [3.8, 4) is 0 Å². The molecule has 0 saturated carbocycles. The van der Waals surface area contributed by atoms with Gasteiger partial charge in [-0.2, -0.15) is 12.7 Å². The summed E-state index contributed by atoms with van der Waals surface area (Å²) in [6.45, 7) is 1.41. The van der Waals surface area contributed by atoms with E-state index in [0.717, 1.165) is 12.8 Å². The van der Waals surface area contributed by atoms with Gasteiger partial charge in [0.2, 0.25) is 0 Å². The number of carbonyl (C=O) groups is 1. The van der Waals surface area contributed by atoms with Crippen molar-refractivity contribution in [2.75, 3.05) is 19.6 Å². The Kier molecular flexibility index (Phi) is 3.18. The van der Waals surface area contributed by atoms with Crippen LogP contribution >= 0.6 is 0 Å². The van der Waals surface area contributed by atoms with E-state index in [0.29, 0.717) is 32.5 Å². The number of aliphatic carboxylic acids is 1. The van der Waals surface area contributed by atoms with Gasteiger partial charge in [0, 0.05) is 25.9 Å².